The number of anilines is 3. The van der Waals surface area contributed by atoms with E-state index in [1.165, 1.54) is 60.7 Å². The van der Waals surface area contributed by atoms with Crippen LogP contribution < -0.4 is 4.90 Å². The van der Waals surface area contributed by atoms with Crippen molar-refractivity contribution in [1.82, 2.24) is 0 Å². The third-order valence-electron chi connectivity index (χ3n) is 10.5. The van der Waals surface area contributed by atoms with Gasteiger partial charge in [-0.15, -0.1) is 0 Å². The van der Waals surface area contributed by atoms with Crippen LogP contribution in [0.3, 0.4) is 0 Å². The van der Waals surface area contributed by atoms with E-state index in [1.54, 1.807) is 0 Å². The second kappa shape index (κ2) is 13.4. The highest BCUT2D eigenvalue weighted by Gasteiger charge is 2.16. The Morgan fingerprint density at radius 3 is 1.44 bits per heavy atom. The first kappa shape index (κ1) is 31.6. The fourth-order valence-corrected chi connectivity index (χ4v) is 7.81. The quantitative estimate of drug-likeness (QED) is 0.166. The van der Waals surface area contributed by atoms with Crippen molar-refractivity contribution in [3.63, 3.8) is 0 Å². The Morgan fingerprint density at radius 1 is 0.278 bits per heavy atom. The van der Waals surface area contributed by atoms with E-state index in [-0.39, 0.29) is 0 Å². The Labute approximate surface area is 314 Å². The zero-order chi connectivity index (χ0) is 35.8. The average molecular weight is 690 g/mol. The predicted octanol–water partition coefficient (Wildman–Crippen LogP) is 14.9. The summed E-state index contributed by atoms with van der Waals surface area (Å²) in [5.41, 5.74) is 14.7. The van der Waals surface area contributed by atoms with Gasteiger partial charge in [0.05, 0.1) is 0 Å². The van der Waals surface area contributed by atoms with Gasteiger partial charge in [0.15, 0.2) is 0 Å². The molecule has 1 aromatic heterocycles. The second-order valence-electron chi connectivity index (χ2n) is 13.7. The van der Waals surface area contributed by atoms with Crippen LogP contribution in [-0.4, -0.2) is 0 Å². The van der Waals surface area contributed by atoms with Crippen LogP contribution in [-0.2, 0) is 0 Å². The van der Waals surface area contributed by atoms with Crippen molar-refractivity contribution in [3.05, 3.63) is 212 Å². The fraction of sp³-hybridized carbons (Fsp3) is 0. The molecule has 2 heteroatoms. The minimum atomic E-state index is 0.916. The molecule has 0 N–H and O–H groups in total. The molecule has 0 saturated heterocycles. The summed E-state index contributed by atoms with van der Waals surface area (Å²) >= 11 is 0. The number of furan rings is 1. The Kier molecular flexibility index (Phi) is 7.85. The maximum absolute atomic E-state index is 6.22. The van der Waals surface area contributed by atoms with Crippen molar-refractivity contribution < 1.29 is 4.42 Å². The van der Waals surface area contributed by atoms with Gasteiger partial charge in [0.25, 0.3) is 0 Å². The van der Waals surface area contributed by atoms with Crippen molar-refractivity contribution in [3.8, 4) is 44.5 Å². The third-order valence-corrected chi connectivity index (χ3v) is 10.5. The molecule has 1 heterocycles. The molecule has 0 bridgehead atoms. The highest BCUT2D eigenvalue weighted by molar-refractivity contribution is 6.20. The highest BCUT2D eigenvalue weighted by atomic mass is 16.3. The number of benzene rings is 9. The number of rotatable bonds is 7. The molecule has 0 spiro atoms. The lowest BCUT2D eigenvalue weighted by molar-refractivity contribution is 0.669. The molecule has 0 aliphatic heterocycles. The van der Waals surface area contributed by atoms with E-state index in [1.807, 2.05) is 12.1 Å². The summed E-state index contributed by atoms with van der Waals surface area (Å²) in [6.45, 7) is 0. The predicted molar refractivity (Wildman–Crippen MR) is 228 cm³/mol. The smallest absolute Gasteiger partial charge is 0.136 e. The lowest BCUT2D eigenvalue weighted by Gasteiger charge is -2.26. The molecule has 10 aromatic rings. The number of nitrogens with zero attached hydrogens (tertiary/aromatic N) is 1. The van der Waals surface area contributed by atoms with Crippen molar-refractivity contribution in [2.24, 2.45) is 0 Å². The molecule has 9 aromatic carbocycles. The van der Waals surface area contributed by atoms with Gasteiger partial charge in [-0.25, -0.2) is 0 Å². The van der Waals surface area contributed by atoms with Gasteiger partial charge in [-0.2, -0.15) is 0 Å². The van der Waals surface area contributed by atoms with Crippen molar-refractivity contribution in [2.75, 3.05) is 4.90 Å². The number of hydrogen-bond donors (Lipinski definition) is 0. The van der Waals surface area contributed by atoms with E-state index in [4.69, 9.17) is 4.42 Å². The lowest BCUT2D eigenvalue weighted by Crippen LogP contribution is -2.10. The van der Waals surface area contributed by atoms with Crippen LogP contribution >= 0.6 is 0 Å². The van der Waals surface area contributed by atoms with Crippen molar-refractivity contribution in [1.29, 1.82) is 0 Å². The maximum Gasteiger partial charge on any atom is 0.136 e. The number of para-hydroxylation sites is 1. The fourth-order valence-electron chi connectivity index (χ4n) is 7.81. The molecule has 0 radical (unpaired) electrons. The SMILES string of the molecule is c1ccc(-c2ccc(-c3ccc(N(c4ccc(-c5cccc6c5ccc5oc7ccccc7c56)cc4)c4cccc(-c5ccccc5)c4)cc3)cc2)cc1. The Balaban J connectivity index is 1.04. The van der Waals surface area contributed by atoms with E-state index >= 15 is 0 Å². The average Bonchev–Trinajstić information content (AvgIpc) is 3.64. The molecule has 0 saturated carbocycles. The van der Waals surface area contributed by atoms with Crippen LogP contribution in [0.2, 0.25) is 0 Å². The summed E-state index contributed by atoms with van der Waals surface area (Å²) in [5.74, 6) is 0. The maximum atomic E-state index is 6.22. The molecule has 254 valence electrons. The zero-order valence-corrected chi connectivity index (χ0v) is 29.6. The van der Waals surface area contributed by atoms with E-state index in [9.17, 15) is 0 Å². The Hall–Kier alpha value is -7.16. The summed E-state index contributed by atoms with van der Waals surface area (Å²) in [4.78, 5) is 2.35. The Morgan fingerprint density at radius 2 is 0.778 bits per heavy atom. The van der Waals surface area contributed by atoms with Gasteiger partial charge >= 0.3 is 0 Å². The van der Waals surface area contributed by atoms with Crippen LogP contribution in [0.15, 0.2) is 217 Å². The molecular weight excluding hydrogens is 655 g/mol. The standard InChI is InChI=1S/C52H35NO/c1-3-11-36(12-4-1)38-21-23-39(24-22-38)40-25-29-43(30-26-40)53(45-16-9-15-42(35-45)37-13-5-2-6-14-37)44-31-27-41(28-32-44)46-18-10-19-48-47(46)33-34-51-52(48)49-17-7-8-20-50(49)54-51/h1-35H. The van der Waals surface area contributed by atoms with Gasteiger partial charge in [-0.3, -0.25) is 0 Å². The van der Waals surface area contributed by atoms with E-state index in [2.05, 4.69) is 205 Å². The largest absolute Gasteiger partial charge is 0.456 e. The first-order valence-corrected chi connectivity index (χ1v) is 18.4. The first-order valence-electron chi connectivity index (χ1n) is 18.4. The summed E-state index contributed by atoms with van der Waals surface area (Å²) in [6, 6.07) is 75.9. The van der Waals surface area contributed by atoms with Crippen LogP contribution in [0.1, 0.15) is 0 Å². The van der Waals surface area contributed by atoms with Crippen molar-refractivity contribution in [2.45, 2.75) is 0 Å². The second-order valence-corrected chi connectivity index (χ2v) is 13.7. The van der Waals surface area contributed by atoms with Crippen LogP contribution in [0.4, 0.5) is 17.1 Å². The topological polar surface area (TPSA) is 16.4 Å². The van der Waals surface area contributed by atoms with Gasteiger partial charge in [0.1, 0.15) is 11.2 Å². The van der Waals surface area contributed by atoms with Crippen molar-refractivity contribution >= 4 is 49.8 Å². The third kappa shape index (κ3) is 5.71. The normalized spacial score (nSPS) is 11.3. The molecule has 0 unspecified atom stereocenters. The van der Waals surface area contributed by atoms with Crippen LogP contribution in [0.5, 0.6) is 0 Å². The van der Waals surface area contributed by atoms with E-state index < -0.39 is 0 Å². The minimum absolute atomic E-state index is 0.916. The molecule has 0 fully saturated rings. The van der Waals surface area contributed by atoms with Gasteiger partial charge < -0.3 is 9.32 Å². The summed E-state index contributed by atoms with van der Waals surface area (Å²) in [5, 5.41) is 4.73. The molecule has 0 aliphatic rings. The van der Waals surface area contributed by atoms with Gasteiger partial charge in [-0.05, 0) is 104 Å². The molecule has 10 rings (SSSR count). The Bertz CT molecular complexity index is 2890. The monoisotopic (exact) mass is 689 g/mol. The molecule has 54 heavy (non-hydrogen) atoms. The molecule has 0 aliphatic carbocycles. The van der Waals surface area contributed by atoms with Gasteiger partial charge in [-0.1, -0.05) is 164 Å². The summed E-state index contributed by atoms with van der Waals surface area (Å²) in [6.07, 6.45) is 0. The molecule has 2 nitrogen and oxygen atoms in total. The van der Waals surface area contributed by atoms with Gasteiger partial charge in [0, 0.05) is 27.8 Å². The minimum Gasteiger partial charge on any atom is -0.456 e. The lowest BCUT2D eigenvalue weighted by atomic mass is 9.95. The van der Waals surface area contributed by atoms with E-state index in [0.29, 0.717) is 0 Å². The van der Waals surface area contributed by atoms with Crippen LogP contribution in [0.25, 0.3) is 77.2 Å². The molecular formula is C52H35NO. The van der Waals surface area contributed by atoms with Crippen LogP contribution in [0, 0.1) is 0 Å². The summed E-state index contributed by atoms with van der Waals surface area (Å²) in [7, 11) is 0. The number of hydrogen-bond acceptors (Lipinski definition) is 2. The molecule has 0 atom stereocenters. The van der Waals surface area contributed by atoms with Gasteiger partial charge in [0.2, 0.25) is 0 Å². The zero-order valence-electron chi connectivity index (χ0n) is 29.6. The highest BCUT2D eigenvalue weighted by Crippen LogP contribution is 2.41. The number of fused-ring (bicyclic) bond motifs is 5. The molecule has 0 amide bonds. The van der Waals surface area contributed by atoms with E-state index in [0.717, 1.165) is 33.6 Å². The summed E-state index contributed by atoms with van der Waals surface area (Å²) < 4.78 is 6.22. The first-order chi connectivity index (χ1) is 26.8.